The second-order valence-electron chi connectivity index (χ2n) is 5.52. The summed E-state index contributed by atoms with van der Waals surface area (Å²) in [5.41, 5.74) is 0.509. The van der Waals surface area contributed by atoms with Crippen LogP contribution >= 0.6 is 23.2 Å². The van der Waals surface area contributed by atoms with Crippen LogP contribution in [0, 0.1) is 0 Å². The second kappa shape index (κ2) is 6.90. The number of rotatable bonds is 4. The number of likely N-dealkylation sites (N-methyl/N-ethyl adjacent to an activating group) is 2. The zero-order chi connectivity index (χ0) is 14.7. The average molecular weight is 315 g/mol. The van der Waals surface area contributed by atoms with Crippen molar-refractivity contribution in [2.24, 2.45) is 0 Å². The third-order valence-electron chi connectivity index (χ3n) is 3.84. The van der Waals surface area contributed by atoms with Crippen LogP contribution in [0.25, 0.3) is 0 Å². The summed E-state index contributed by atoms with van der Waals surface area (Å²) in [5, 5.41) is 1.01. The van der Waals surface area contributed by atoms with Gasteiger partial charge in [-0.25, -0.2) is 0 Å². The largest absolute Gasteiger partial charge is 0.305 e. The number of ketones is 1. The first-order valence-corrected chi connectivity index (χ1v) is 7.60. The van der Waals surface area contributed by atoms with E-state index < -0.39 is 0 Å². The van der Waals surface area contributed by atoms with E-state index in [1.165, 1.54) is 6.42 Å². The minimum absolute atomic E-state index is 0.0215. The molecule has 3 nitrogen and oxygen atoms in total. The summed E-state index contributed by atoms with van der Waals surface area (Å²) >= 11 is 12.0. The predicted molar refractivity (Wildman–Crippen MR) is 83.9 cm³/mol. The van der Waals surface area contributed by atoms with Crippen LogP contribution in [0.1, 0.15) is 23.2 Å². The third kappa shape index (κ3) is 3.95. The number of hydrogen-bond donors (Lipinski definition) is 0. The van der Waals surface area contributed by atoms with Crippen molar-refractivity contribution in [3.63, 3.8) is 0 Å². The molecule has 1 aliphatic rings. The maximum atomic E-state index is 12.4. The van der Waals surface area contributed by atoms with E-state index in [4.69, 9.17) is 23.2 Å². The molecule has 20 heavy (non-hydrogen) atoms. The van der Waals surface area contributed by atoms with Gasteiger partial charge < -0.3 is 4.90 Å². The molecule has 1 saturated heterocycles. The van der Waals surface area contributed by atoms with Crippen LogP contribution in [-0.2, 0) is 0 Å². The molecule has 5 heteroatoms. The van der Waals surface area contributed by atoms with E-state index in [-0.39, 0.29) is 5.78 Å². The zero-order valence-electron chi connectivity index (χ0n) is 11.9. The summed E-state index contributed by atoms with van der Waals surface area (Å²) in [6.45, 7) is 2.52. The first kappa shape index (κ1) is 15.8. The van der Waals surface area contributed by atoms with Crippen molar-refractivity contribution < 1.29 is 4.79 Å². The van der Waals surface area contributed by atoms with Gasteiger partial charge in [0.05, 0.1) is 11.6 Å². The molecule has 1 unspecified atom stereocenters. The van der Waals surface area contributed by atoms with Gasteiger partial charge >= 0.3 is 0 Å². The van der Waals surface area contributed by atoms with E-state index in [2.05, 4.69) is 16.8 Å². The number of benzene rings is 1. The van der Waals surface area contributed by atoms with Crippen molar-refractivity contribution >= 4 is 29.0 Å². The Morgan fingerprint density at radius 1 is 1.45 bits per heavy atom. The van der Waals surface area contributed by atoms with Gasteiger partial charge in [0.15, 0.2) is 5.78 Å². The van der Waals surface area contributed by atoms with Gasteiger partial charge in [-0.15, -0.1) is 0 Å². The van der Waals surface area contributed by atoms with Gasteiger partial charge in [0, 0.05) is 23.2 Å². The molecule has 1 aromatic carbocycles. The van der Waals surface area contributed by atoms with Crippen LogP contribution in [0.2, 0.25) is 10.0 Å². The number of hydrogen-bond acceptors (Lipinski definition) is 3. The van der Waals surface area contributed by atoms with Crippen molar-refractivity contribution in [1.29, 1.82) is 0 Å². The van der Waals surface area contributed by atoms with Gasteiger partial charge in [0.2, 0.25) is 0 Å². The summed E-state index contributed by atoms with van der Waals surface area (Å²) in [6.07, 6.45) is 2.31. The standard InChI is InChI=1S/C15H20Cl2N2O/c1-18-7-3-4-12(9-18)19(2)10-15(20)13-8-11(16)5-6-14(13)17/h5-6,8,12H,3-4,7,9-10H2,1-2H3. The summed E-state index contributed by atoms with van der Waals surface area (Å²) in [5.74, 6) is 0.0215. The normalized spacial score (nSPS) is 20.4. The maximum absolute atomic E-state index is 12.4. The number of Topliss-reactive ketones (excluding diaryl/α,β-unsaturated/α-hetero) is 1. The van der Waals surface area contributed by atoms with Crippen molar-refractivity contribution in [1.82, 2.24) is 9.80 Å². The van der Waals surface area contributed by atoms with Crippen LogP contribution in [-0.4, -0.2) is 55.4 Å². The topological polar surface area (TPSA) is 23.6 Å². The number of carbonyl (C=O) groups excluding carboxylic acids is 1. The molecule has 0 saturated carbocycles. The number of carbonyl (C=O) groups is 1. The quantitative estimate of drug-likeness (QED) is 0.797. The maximum Gasteiger partial charge on any atom is 0.178 e. The van der Waals surface area contributed by atoms with Crippen LogP contribution in [0.3, 0.4) is 0 Å². The molecule has 1 aliphatic heterocycles. The molecule has 1 atom stereocenters. The molecular weight excluding hydrogens is 295 g/mol. The van der Waals surface area contributed by atoms with E-state index in [1.54, 1.807) is 18.2 Å². The average Bonchev–Trinajstić information content (AvgIpc) is 2.41. The lowest BCUT2D eigenvalue weighted by Gasteiger charge is -2.35. The fraction of sp³-hybridized carbons (Fsp3) is 0.533. The molecular formula is C15H20Cl2N2O. The highest BCUT2D eigenvalue weighted by Crippen LogP contribution is 2.22. The van der Waals surface area contributed by atoms with Gasteiger partial charge in [-0.05, 0) is 51.7 Å². The van der Waals surface area contributed by atoms with Crippen molar-refractivity contribution in [3.8, 4) is 0 Å². The Hall–Kier alpha value is -0.610. The highest BCUT2D eigenvalue weighted by Gasteiger charge is 2.23. The molecule has 0 spiro atoms. The third-order valence-corrected chi connectivity index (χ3v) is 4.41. The second-order valence-corrected chi connectivity index (χ2v) is 6.36. The lowest BCUT2D eigenvalue weighted by atomic mass is 10.0. The summed E-state index contributed by atoms with van der Waals surface area (Å²) in [4.78, 5) is 16.8. The monoisotopic (exact) mass is 314 g/mol. The highest BCUT2D eigenvalue weighted by molar-refractivity contribution is 6.36. The molecule has 1 heterocycles. The van der Waals surface area contributed by atoms with Gasteiger partial charge in [-0.2, -0.15) is 0 Å². The number of nitrogens with zero attached hydrogens (tertiary/aromatic N) is 2. The Balaban J connectivity index is 2.01. The van der Waals surface area contributed by atoms with Crippen molar-refractivity contribution in [2.45, 2.75) is 18.9 Å². The van der Waals surface area contributed by atoms with Crippen LogP contribution < -0.4 is 0 Å². The molecule has 2 rings (SSSR count). The van der Waals surface area contributed by atoms with E-state index in [9.17, 15) is 4.79 Å². The van der Waals surface area contributed by atoms with Crippen molar-refractivity contribution in [3.05, 3.63) is 33.8 Å². The van der Waals surface area contributed by atoms with Gasteiger partial charge in [-0.3, -0.25) is 9.69 Å². The van der Waals surface area contributed by atoms with Crippen LogP contribution in [0.5, 0.6) is 0 Å². The lowest BCUT2D eigenvalue weighted by Crippen LogP contribution is -2.46. The first-order valence-electron chi connectivity index (χ1n) is 6.84. The molecule has 0 N–H and O–H groups in total. The predicted octanol–water partition coefficient (Wildman–Crippen LogP) is 3.20. The van der Waals surface area contributed by atoms with Crippen molar-refractivity contribution in [2.75, 3.05) is 33.7 Å². The Morgan fingerprint density at radius 3 is 2.90 bits per heavy atom. The Morgan fingerprint density at radius 2 is 2.20 bits per heavy atom. The fourth-order valence-corrected chi connectivity index (χ4v) is 3.05. The van der Waals surface area contributed by atoms with Crippen LogP contribution in [0.4, 0.5) is 0 Å². The number of halogens is 2. The Labute approximate surface area is 130 Å². The molecule has 0 aliphatic carbocycles. The Kier molecular flexibility index (Phi) is 5.44. The van der Waals surface area contributed by atoms with Gasteiger partial charge in [0.1, 0.15) is 0 Å². The molecule has 1 aromatic rings. The SMILES string of the molecule is CN1CCCC(N(C)CC(=O)c2cc(Cl)ccc2Cl)C1. The number of likely N-dealkylation sites (tertiary alicyclic amines) is 1. The smallest absolute Gasteiger partial charge is 0.178 e. The summed E-state index contributed by atoms with van der Waals surface area (Å²) in [7, 11) is 4.12. The molecule has 0 aromatic heterocycles. The highest BCUT2D eigenvalue weighted by atomic mass is 35.5. The molecule has 110 valence electrons. The fourth-order valence-electron chi connectivity index (χ4n) is 2.65. The van der Waals surface area contributed by atoms with Gasteiger partial charge in [0.25, 0.3) is 0 Å². The molecule has 0 bridgehead atoms. The minimum atomic E-state index is 0.0215. The number of piperidine rings is 1. The van der Waals surface area contributed by atoms with Crippen LogP contribution in [0.15, 0.2) is 18.2 Å². The minimum Gasteiger partial charge on any atom is -0.305 e. The van der Waals surface area contributed by atoms with E-state index >= 15 is 0 Å². The zero-order valence-corrected chi connectivity index (χ0v) is 13.4. The molecule has 1 fully saturated rings. The van der Waals surface area contributed by atoms with E-state index in [0.29, 0.717) is 28.2 Å². The van der Waals surface area contributed by atoms with E-state index in [1.807, 2.05) is 7.05 Å². The summed E-state index contributed by atoms with van der Waals surface area (Å²) in [6, 6.07) is 5.44. The van der Waals surface area contributed by atoms with E-state index in [0.717, 1.165) is 19.5 Å². The first-order chi connectivity index (χ1) is 9.47. The summed E-state index contributed by atoms with van der Waals surface area (Å²) < 4.78 is 0. The van der Waals surface area contributed by atoms with Gasteiger partial charge in [-0.1, -0.05) is 23.2 Å². The lowest BCUT2D eigenvalue weighted by molar-refractivity contribution is 0.0857. The Bertz CT molecular complexity index is 493. The molecule has 0 radical (unpaired) electrons. The molecule has 0 amide bonds.